The van der Waals surface area contributed by atoms with Gasteiger partial charge in [-0.3, -0.25) is 24.5 Å². The van der Waals surface area contributed by atoms with Crippen LogP contribution in [0.3, 0.4) is 0 Å². The first-order chi connectivity index (χ1) is 13.0. The normalized spacial score (nSPS) is 11.3. The summed E-state index contributed by atoms with van der Waals surface area (Å²) in [6.45, 7) is 0.296. The van der Waals surface area contributed by atoms with Crippen LogP contribution in [0.5, 0.6) is 0 Å². The summed E-state index contributed by atoms with van der Waals surface area (Å²) >= 11 is 5.95. The lowest BCUT2D eigenvalue weighted by Crippen LogP contribution is -2.33. The highest BCUT2D eigenvalue weighted by Gasteiger charge is 2.14. The Morgan fingerprint density at radius 3 is 2.63 bits per heavy atom. The van der Waals surface area contributed by atoms with E-state index in [9.17, 15) is 14.4 Å². The molecular formula is C19H15ClN4O3. The van der Waals surface area contributed by atoms with Crippen LogP contribution in [-0.2, 0) is 13.0 Å². The van der Waals surface area contributed by atoms with Crippen LogP contribution in [0, 0.1) is 0 Å². The van der Waals surface area contributed by atoms with Gasteiger partial charge in [-0.15, -0.1) is 0 Å². The maximum absolute atomic E-state index is 12.8. The highest BCUT2D eigenvalue weighted by Crippen LogP contribution is 2.16. The monoisotopic (exact) mass is 382 g/mol. The SMILES string of the molecule is O=c1[nH]n(CCCc2ccncc2)c(=O)c2c(=O)c3ccc(Cl)cc3[nH]c12. The molecule has 0 aliphatic carbocycles. The van der Waals surface area contributed by atoms with Crippen LogP contribution in [0.25, 0.3) is 21.8 Å². The number of nitrogens with zero attached hydrogens (tertiary/aromatic N) is 2. The second kappa shape index (κ2) is 6.85. The van der Waals surface area contributed by atoms with Crippen LogP contribution in [0.15, 0.2) is 57.1 Å². The first-order valence-corrected chi connectivity index (χ1v) is 8.79. The molecule has 2 N–H and O–H groups in total. The van der Waals surface area contributed by atoms with E-state index >= 15 is 0 Å². The number of H-pyrrole nitrogens is 2. The van der Waals surface area contributed by atoms with E-state index in [2.05, 4.69) is 15.1 Å². The third kappa shape index (κ3) is 3.17. The Kier molecular flexibility index (Phi) is 4.37. The second-order valence-corrected chi connectivity index (χ2v) is 6.69. The molecule has 136 valence electrons. The standard InChI is InChI=1S/C19H15ClN4O3/c20-12-3-4-13-14(10-12)22-16-15(17(13)25)19(27)24(23-18(16)26)9-1-2-11-5-7-21-8-6-11/h3-8,10H,1-2,9H2,(H,22,25)(H,23,26). The van der Waals surface area contributed by atoms with E-state index in [1.54, 1.807) is 30.6 Å². The van der Waals surface area contributed by atoms with E-state index in [-0.39, 0.29) is 10.9 Å². The summed E-state index contributed by atoms with van der Waals surface area (Å²) in [5, 5.41) is 3.15. The van der Waals surface area contributed by atoms with Gasteiger partial charge in [0.05, 0.1) is 5.52 Å². The Morgan fingerprint density at radius 1 is 1.07 bits per heavy atom. The maximum atomic E-state index is 12.8. The van der Waals surface area contributed by atoms with Crippen molar-refractivity contribution in [2.24, 2.45) is 0 Å². The van der Waals surface area contributed by atoms with Crippen molar-refractivity contribution >= 4 is 33.4 Å². The minimum atomic E-state index is -0.521. The molecule has 0 aliphatic rings. The quantitative estimate of drug-likeness (QED) is 0.528. The summed E-state index contributed by atoms with van der Waals surface area (Å²) in [5.74, 6) is 0. The molecule has 1 aromatic carbocycles. The van der Waals surface area contributed by atoms with Crippen molar-refractivity contribution in [3.05, 3.63) is 84.2 Å². The lowest BCUT2D eigenvalue weighted by molar-refractivity contribution is 0.547. The minimum Gasteiger partial charge on any atom is -0.350 e. The molecule has 0 bridgehead atoms. The van der Waals surface area contributed by atoms with Crippen molar-refractivity contribution in [1.29, 1.82) is 0 Å². The van der Waals surface area contributed by atoms with Crippen LogP contribution >= 0.6 is 11.6 Å². The number of aryl methyl sites for hydroxylation is 2. The van der Waals surface area contributed by atoms with Crippen LogP contribution in [0.4, 0.5) is 0 Å². The van der Waals surface area contributed by atoms with Gasteiger partial charge in [-0.25, -0.2) is 4.68 Å². The lowest BCUT2D eigenvalue weighted by atomic mass is 10.1. The third-order valence-corrected chi connectivity index (χ3v) is 4.72. The van der Waals surface area contributed by atoms with E-state index in [1.807, 2.05) is 12.1 Å². The van der Waals surface area contributed by atoms with Gasteiger partial charge >= 0.3 is 0 Å². The molecule has 0 amide bonds. The number of hydrogen-bond acceptors (Lipinski definition) is 4. The molecule has 7 nitrogen and oxygen atoms in total. The van der Waals surface area contributed by atoms with Gasteiger partial charge in [0.15, 0.2) is 0 Å². The van der Waals surface area contributed by atoms with Crippen LogP contribution in [0.1, 0.15) is 12.0 Å². The number of halogens is 1. The fraction of sp³-hybridized carbons (Fsp3) is 0.158. The Hall–Kier alpha value is -3.19. The first-order valence-electron chi connectivity index (χ1n) is 8.42. The number of rotatable bonds is 4. The molecule has 3 aromatic heterocycles. The van der Waals surface area contributed by atoms with Gasteiger partial charge < -0.3 is 4.98 Å². The zero-order valence-corrected chi connectivity index (χ0v) is 14.9. The number of hydrogen-bond donors (Lipinski definition) is 2. The number of pyridine rings is 2. The lowest BCUT2D eigenvalue weighted by Gasteiger charge is -2.08. The van der Waals surface area contributed by atoms with Crippen molar-refractivity contribution in [2.75, 3.05) is 0 Å². The van der Waals surface area contributed by atoms with Gasteiger partial charge in [-0.2, -0.15) is 0 Å². The van der Waals surface area contributed by atoms with Gasteiger partial charge in [0.25, 0.3) is 11.1 Å². The molecule has 27 heavy (non-hydrogen) atoms. The summed E-state index contributed by atoms with van der Waals surface area (Å²) < 4.78 is 1.20. The summed E-state index contributed by atoms with van der Waals surface area (Å²) in [6, 6.07) is 8.47. The Bertz CT molecular complexity index is 1320. The Morgan fingerprint density at radius 2 is 1.85 bits per heavy atom. The van der Waals surface area contributed by atoms with Crippen LogP contribution < -0.4 is 16.5 Å². The van der Waals surface area contributed by atoms with Crippen LogP contribution in [0.2, 0.25) is 5.02 Å². The van der Waals surface area contributed by atoms with Crippen molar-refractivity contribution < 1.29 is 0 Å². The molecule has 3 heterocycles. The fourth-order valence-electron chi connectivity index (χ4n) is 3.15. The number of nitrogens with one attached hydrogen (secondary N) is 2. The Labute approximate surface area is 157 Å². The largest absolute Gasteiger partial charge is 0.350 e. The topological polar surface area (TPSA) is 101 Å². The smallest absolute Gasteiger partial charge is 0.287 e. The average molecular weight is 383 g/mol. The molecule has 0 aliphatic heterocycles. The Balaban J connectivity index is 1.78. The van der Waals surface area contributed by atoms with Gasteiger partial charge in [-0.1, -0.05) is 11.6 Å². The average Bonchev–Trinajstić information content (AvgIpc) is 2.66. The fourth-order valence-corrected chi connectivity index (χ4v) is 3.32. The molecule has 0 radical (unpaired) electrons. The van der Waals surface area contributed by atoms with Crippen molar-refractivity contribution in [2.45, 2.75) is 19.4 Å². The summed E-state index contributed by atoms with van der Waals surface area (Å²) in [6.07, 6.45) is 4.76. The maximum Gasteiger partial charge on any atom is 0.287 e. The van der Waals surface area contributed by atoms with E-state index in [0.29, 0.717) is 28.9 Å². The summed E-state index contributed by atoms with van der Waals surface area (Å²) in [7, 11) is 0. The van der Waals surface area contributed by atoms with Gasteiger partial charge in [0, 0.05) is 29.3 Å². The van der Waals surface area contributed by atoms with Gasteiger partial charge in [0.1, 0.15) is 10.9 Å². The molecule has 0 saturated heterocycles. The second-order valence-electron chi connectivity index (χ2n) is 6.25. The number of aromatic nitrogens is 4. The third-order valence-electron chi connectivity index (χ3n) is 4.48. The number of benzene rings is 1. The minimum absolute atomic E-state index is 0.0369. The zero-order valence-electron chi connectivity index (χ0n) is 14.2. The summed E-state index contributed by atoms with van der Waals surface area (Å²) in [4.78, 5) is 44.8. The zero-order chi connectivity index (χ0) is 19.0. The van der Waals surface area contributed by atoms with E-state index in [0.717, 1.165) is 12.0 Å². The molecule has 0 saturated carbocycles. The predicted octanol–water partition coefficient (Wildman–Crippen LogP) is 2.21. The van der Waals surface area contributed by atoms with Crippen molar-refractivity contribution in [1.82, 2.24) is 19.7 Å². The molecule has 4 aromatic rings. The van der Waals surface area contributed by atoms with E-state index in [4.69, 9.17) is 11.6 Å². The number of fused-ring (bicyclic) bond motifs is 2. The first kappa shape index (κ1) is 17.2. The molecule has 0 spiro atoms. The number of aromatic amines is 2. The van der Waals surface area contributed by atoms with E-state index in [1.165, 1.54) is 4.68 Å². The summed E-state index contributed by atoms with van der Waals surface area (Å²) in [5.41, 5.74) is -0.0493. The molecule has 0 unspecified atom stereocenters. The van der Waals surface area contributed by atoms with Crippen molar-refractivity contribution in [3.8, 4) is 0 Å². The van der Waals surface area contributed by atoms with Crippen molar-refractivity contribution in [3.63, 3.8) is 0 Å². The van der Waals surface area contributed by atoms with Gasteiger partial charge in [-0.05, 0) is 48.7 Å². The molecule has 8 heteroatoms. The molecule has 0 atom stereocenters. The van der Waals surface area contributed by atoms with Gasteiger partial charge in [0.2, 0.25) is 5.43 Å². The predicted molar refractivity (Wildman–Crippen MR) is 105 cm³/mol. The molecular weight excluding hydrogens is 368 g/mol. The highest BCUT2D eigenvalue weighted by molar-refractivity contribution is 6.31. The highest BCUT2D eigenvalue weighted by atomic mass is 35.5. The molecule has 4 rings (SSSR count). The van der Waals surface area contributed by atoms with Crippen LogP contribution in [-0.4, -0.2) is 19.7 Å². The van der Waals surface area contributed by atoms with E-state index < -0.39 is 16.5 Å². The molecule has 0 fully saturated rings.